The summed E-state index contributed by atoms with van der Waals surface area (Å²) in [7, 11) is 0. The normalized spacial score (nSPS) is 18.4. The van der Waals surface area contributed by atoms with Crippen LogP contribution < -0.4 is 5.73 Å². The third kappa shape index (κ3) is 1.08. The van der Waals surface area contributed by atoms with E-state index < -0.39 is 0 Å². The number of nitriles is 2. The van der Waals surface area contributed by atoms with E-state index in [0.29, 0.717) is 11.1 Å². The molecule has 0 spiro atoms. The Morgan fingerprint density at radius 3 is 2.50 bits per heavy atom. The van der Waals surface area contributed by atoms with Gasteiger partial charge in [0.05, 0.1) is 23.3 Å². The van der Waals surface area contributed by atoms with Crippen LogP contribution in [0.1, 0.15) is 34.7 Å². The maximum atomic E-state index is 8.89. The Bertz CT molecular complexity index is 463. The highest BCUT2D eigenvalue weighted by molar-refractivity contribution is 5.54. The Balaban J connectivity index is 2.71. The fourth-order valence-electron chi connectivity index (χ4n) is 2.00. The third-order valence-electron chi connectivity index (χ3n) is 2.67. The van der Waals surface area contributed by atoms with E-state index in [2.05, 4.69) is 12.1 Å². The molecule has 0 saturated carbocycles. The summed E-state index contributed by atoms with van der Waals surface area (Å²) in [6, 6.07) is 7.56. The molecule has 0 fully saturated rings. The Labute approximate surface area is 82.4 Å². The number of fused-ring (bicyclic) bond motifs is 1. The SMILES string of the molecule is N#Cc1ccc(C#N)c2c1CCC2N. The van der Waals surface area contributed by atoms with Gasteiger partial charge in [0.25, 0.3) is 0 Å². The molecule has 2 rings (SSSR count). The average molecular weight is 183 g/mol. The van der Waals surface area contributed by atoms with E-state index in [1.54, 1.807) is 12.1 Å². The molecule has 0 aliphatic heterocycles. The first-order valence-electron chi connectivity index (χ1n) is 4.49. The molecule has 1 atom stereocenters. The summed E-state index contributed by atoms with van der Waals surface area (Å²) < 4.78 is 0. The fraction of sp³-hybridized carbons (Fsp3) is 0.273. The highest BCUT2D eigenvalue weighted by atomic mass is 14.6. The molecule has 0 heterocycles. The molecular weight excluding hydrogens is 174 g/mol. The molecule has 0 saturated heterocycles. The van der Waals surface area contributed by atoms with Gasteiger partial charge in [-0.2, -0.15) is 10.5 Å². The van der Waals surface area contributed by atoms with Crippen molar-refractivity contribution in [1.82, 2.24) is 0 Å². The number of hydrogen-bond donors (Lipinski definition) is 1. The number of rotatable bonds is 0. The van der Waals surface area contributed by atoms with E-state index in [-0.39, 0.29) is 6.04 Å². The van der Waals surface area contributed by atoms with Crippen molar-refractivity contribution in [2.24, 2.45) is 5.73 Å². The summed E-state index contributed by atoms with van der Waals surface area (Å²) in [5.41, 5.74) is 9.01. The van der Waals surface area contributed by atoms with E-state index >= 15 is 0 Å². The molecule has 14 heavy (non-hydrogen) atoms. The Kier molecular flexibility index (Phi) is 1.96. The smallest absolute Gasteiger partial charge is 0.0995 e. The van der Waals surface area contributed by atoms with Gasteiger partial charge in [0.15, 0.2) is 0 Å². The van der Waals surface area contributed by atoms with Gasteiger partial charge in [-0.3, -0.25) is 0 Å². The molecule has 0 amide bonds. The van der Waals surface area contributed by atoms with Gasteiger partial charge < -0.3 is 5.73 Å². The second-order valence-electron chi connectivity index (χ2n) is 3.42. The highest BCUT2D eigenvalue weighted by Crippen LogP contribution is 2.33. The van der Waals surface area contributed by atoms with Gasteiger partial charge in [0.2, 0.25) is 0 Å². The first kappa shape index (κ1) is 8.74. The Morgan fingerprint density at radius 1 is 1.21 bits per heavy atom. The topological polar surface area (TPSA) is 73.6 Å². The van der Waals surface area contributed by atoms with Crippen LogP contribution in [-0.2, 0) is 6.42 Å². The molecule has 68 valence electrons. The van der Waals surface area contributed by atoms with Gasteiger partial charge in [-0.05, 0) is 36.1 Å². The standard InChI is InChI=1S/C11H9N3/c12-5-7-1-2-8(6-13)11-9(7)3-4-10(11)14/h1-2,10H,3-4,14H2. The summed E-state index contributed by atoms with van der Waals surface area (Å²) in [5.74, 6) is 0. The van der Waals surface area contributed by atoms with Crippen LogP contribution in [0.15, 0.2) is 12.1 Å². The highest BCUT2D eigenvalue weighted by Gasteiger charge is 2.24. The maximum absolute atomic E-state index is 8.89. The monoisotopic (exact) mass is 183 g/mol. The van der Waals surface area contributed by atoms with Crippen molar-refractivity contribution in [3.05, 3.63) is 34.4 Å². The molecule has 2 N–H and O–H groups in total. The van der Waals surface area contributed by atoms with Crippen LogP contribution in [0.3, 0.4) is 0 Å². The average Bonchev–Trinajstić information content (AvgIpc) is 2.60. The predicted molar refractivity (Wildman–Crippen MR) is 51.1 cm³/mol. The van der Waals surface area contributed by atoms with Crippen LogP contribution in [0.5, 0.6) is 0 Å². The zero-order valence-electron chi connectivity index (χ0n) is 7.62. The molecule has 0 aromatic heterocycles. The van der Waals surface area contributed by atoms with Gasteiger partial charge in [0, 0.05) is 6.04 Å². The molecule has 1 aliphatic rings. The van der Waals surface area contributed by atoms with E-state index in [9.17, 15) is 0 Å². The van der Waals surface area contributed by atoms with E-state index in [0.717, 1.165) is 24.0 Å². The molecule has 0 radical (unpaired) electrons. The van der Waals surface area contributed by atoms with Crippen LogP contribution in [0, 0.1) is 22.7 Å². The van der Waals surface area contributed by atoms with Gasteiger partial charge in [0.1, 0.15) is 0 Å². The Morgan fingerprint density at radius 2 is 1.86 bits per heavy atom. The second-order valence-corrected chi connectivity index (χ2v) is 3.42. The minimum atomic E-state index is -0.0760. The quantitative estimate of drug-likeness (QED) is 0.660. The lowest BCUT2D eigenvalue weighted by molar-refractivity contribution is 0.712. The maximum Gasteiger partial charge on any atom is 0.0995 e. The molecule has 1 unspecified atom stereocenters. The lowest BCUT2D eigenvalue weighted by Gasteiger charge is -2.07. The first-order valence-corrected chi connectivity index (χ1v) is 4.49. The fourth-order valence-corrected chi connectivity index (χ4v) is 2.00. The second kappa shape index (κ2) is 3.14. The molecule has 1 aromatic carbocycles. The van der Waals surface area contributed by atoms with Gasteiger partial charge in [-0.1, -0.05) is 0 Å². The largest absolute Gasteiger partial charge is 0.324 e. The van der Waals surface area contributed by atoms with Crippen LogP contribution in [0.4, 0.5) is 0 Å². The zero-order chi connectivity index (χ0) is 10.1. The van der Waals surface area contributed by atoms with Crippen LogP contribution in [-0.4, -0.2) is 0 Å². The summed E-state index contributed by atoms with van der Waals surface area (Å²) >= 11 is 0. The summed E-state index contributed by atoms with van der Waals surface area (Å²) in [6.45, 7) is 0. The molecule has 3 nitrogen and oxygen atoms in total. The van der Waals surface area contributed by atoms with Crippen molar-refractivity contribution in [2.45, 2.75) is 18.9 Å². The molecule has 0 bridgehead atoms. The lowest BCUT2D eigenvalue weighted by atomic mass is 9.98. The van der Waals surface area contributed by atoms with E-state index in [4.69, 9.17) is 16.3 Å². The third-order valence-corrected chi connectivity index (χ3v) is 2.67. The first-order chi connectivity index (χ1) is 6.77. The molecule has 1 aliphatic carbocycles. The summed E-state index contributed by atoms with van der Waals surface area (Å²) in [6.07, 6.45) is 1.65. The van der Waals surface area contributed by atoms with Crippen molar-refractivity contribution < 1.29 is 0 Å². The minimum absolute atomic E-state index is 0.0760. The molecule has 3 heteroatoms. The predicted octanol–water partition coefficient (Wildman–Crippen LogP) is 1.38. The molecule has 1 aromatic rings. The van der Waals surface area contributed by atoms with E-state index in [1.165, 1.54) is 0 Å². The minimum Gasteiger partial charge on any atom is -0.324 e. The summed E-state index contributed by atoms with van der Waals surface area (Å²) in [4.78, 5) is 0. The van der Waals surface area contributed by atoms with Crippen molar-refractivity contribution in [3.63, 3.8) is 0 Å². The van der Waals surface area contributed by atoms with Gasteiger partial charge in [-0.15, -0.1) is 0 Å². The van der Waals surface area contributed by atoms with Gasteiger partial charge in [-0.25, -0.2) is 0 Å². The van der Waals surface area contributed by atoms with Crippen LogP contribution in [0.25, 0.3) is 0 Å². The number of nitrogens with two attached hydrogens (primary N) is 1. The van der Waals surface area contributed by atoms with Crippen molar-refractivity contribution in [2.75, 3.05) is 0 Å². The van der Waals surface area contributed by atoms with Crippen molar-refractivity contribution in [1.29, 1.82) is 10.5 Å². The zero-order valence-corrected chi connectivity index (χ0v) is 7.62. The summed E-state index contributed by atoms with van der Waals surface area (Å²) in [5, 5.41) is 17.8. The Hall–Kier alpha value is -1.84. The van der Waals surface area contributed by atoms with Crippen LogP contribution >= 0.6 is 0 Å². The number of nitrogens with zero attached hydrogens (tertiary/aromatic N) is 2. The lowest BCUT2D eigenvalue weighted by Crippen LogP contribution is -2.07. The number of benzene rings is 1. The van der Waals surface area contributed by atoms with Crippen molar-refractivity contribution >= 4 is 0 Å². The number of hydrogen-bond acceptors (Lipinski definition) is 3. The molecular formula is C11H9N3. The van der Waals surface area contributed by atoms with E-state index in [1.807, 2.05) is 0 Å². The van der Waals surface area contributed by atoms with Gasteiger partial charge >= 0.3 is 0 Å². The van der Waals surface area contributed by atoms with Crippen LogP contribution in [0.2, 0.25) is 0 Å². The van der Waals surface area contributed by atoms with Crippen molar-refractivity contribution in [3.8, 4) is 12.1 Å².